The summed E-state index contributed by atoms with van der Waals surface area (Å²) in [4.78, 5) is 5.67. The second-order valence-electron chi connectivity index (χ2n) is 4.90. The van der Waals surface area contributed by atoms with Gasteiger partial charge >= 0.3 is 0 Å². The van der Waals surface area contributed by atoms with E-state index in [-0.39, 0.29) is 5.82 Å². The second-order valence-corrected chi connectivity index (χ2v) is 6.01. The normalized spacial score (nSPS) is 15.0. The van der Waals surface area contributed by atoms with Gasteiger partial charge in [0, 0.05) is 17.2 Å². The van der Waals surface area contributed by atoms with Gasteiger partial charge in [0.2, 0.25) is 0 Å². The van der Waals surface area contributed by atoms with Crippen molar-refractivity contribution in [2.45, 2.75) is 32.1 Å². The van der Waals surface area contributed by atoms with Gasteiger partial charge in [-0.15, -0.1) is 11.3 Å². The molecule has 2 aromatic rings. The highest BCUT2D eigenvalue weighted by atomic mass is 32.1. The first-order valence-electron chi connectivity index (χ1n) is 6.13. The number of aromatic nitrogens is 1. The van der Waals surface area contributed by atoms with Crippen molar-refractivity contribution in [1.29, 1.82) is 0 Å². The first-order valence-corrected chi connectivity index (χ1v) is 6.95. The lowest BCUT2D eigenvalue weighted by Gasteiger charge is -2.03. The molecule has 1 aromatic heterocycles. The molecular weight excluding hydrogens is 247 g/mol. The Morgan fingerprint density at radius 1 is 1.44 bits per heavy atom. The number of nitrogens with two attached hydrogens (primary N) is 1. The number of aryl methyl sites for hydroxylation is 1. The Kier molecular flexibility index (Phi) is 2.82. The number of anilines is 1. The van der Waals surface area contributed by atoms with Crippen molar-refractivity contribution in [1.82, 2.24) is 4.98 Å². The minimum Gasteiger partial charge on any atom is -0.375 e. The molecule has 0 bridgehead atoms. The fourth-order valence-electron chi connectivity index (χ4n) is 2.19. The topological polar surface area (TPSA) is 38.9 Å². The smallest absolute Gasteiger partial charge is 0.180 e. The van der Waals surface area contributed by atoms with Crippen molar-refractivity contribution < 1.29 is 4.39 Å². The minimum atomic E-state index is -0.148. The van der Waals surface area contributed by atoms with Crippen LogP contribution >= 0.6 is 11.3 Å². The molecule has 18 heavy (non-hydrogen) atoms. The second kappa shape index (κ2) is 4.35. The Morgan fingerprint density at radius 3 is 2.89 bits per heavy atom. The van der Waals surface area contributed by atoms with E-state index < -0.39 is 0 Å². The SMILES string of the molecule is Cc1cc(Cc2sc(N)nc2C2CC2)ccc1F. The van der Waals surface area contributed by atoms with Crippen LogP contribution in [0.3, 0.4) is 0 Å². The van der Waals surface area contributed by atoms with E-state index in [1.165, 1.54) is 29.5 Å². The van der Waals surface area contributed by atoms with Crippen molar-refractivity contribution in [3.8, 4) is 0 Å². The Balaban J connectivity index is 1.89. The van der Waals surface area contributed by atoms with Crippen LogP contribution in [0.15, 0.2) is 18.2 Å². The predicted molar refractivity (Wildman–Crippen MR) is 72.4 cm³/mol. The van der Waals surface area contributed by atoms with Crippen LogP contribution in [0, 0.1) is 12.7 Å². The maximum atomic E-state index is 13.2. The molecule has 0 radical (unpaired) electrons. The molecule has 0 aliphatic heterocycles. The molecule has 1 aliphatic rings. The summed E-state index contributed by atoms with van der Waals surface area (Å²) in [5.74, 6) is 0.458. The Bertz CT molecular complexity index is 587. The van der Waals surface area contributed by atoms with Crippen molar-refractivity contribution in [2.75, 3.05) is 5.73 Å². The van der Waals surface area contributed by atoms with Crippen LogP contribution in [-0.4, -0.2) is 4.98 Å². The van der Waals surface area contributed by atoms with Crippen LogP contribution in [0.25, 0.3) is 0 Å². The van der Waals surface area contributed by atoms with Gasteiger partial charge in [-0.3, -0.25) is 0 Å². The zero-order valence-corrected chi connectivity index (χ0v) is 11.1. The molecule has 0 amide bonds. The third-order valence-corrected chi connectivity index (χ3v) is 4.20. The van der Waals surface area contributed by atoms with Crippen LogP contribution in [0.5, 0.6) is 0 Å². The van der Waals surface area contributed by atoms with E-state index in [1.54, 1.807) is 18.3 Å². The lowest BCUT2D eigenvalue weighted by molar-refractivity contribution is 0.618. The number of hydrogen-bond acceptors (Lipinski definition) is 3. The quantitative estimate of drug-likeness (QED) is 0.917. The molecule has 0 spiro atoms. The van der Waals surface area contributed by atoms with E-state index in [4.69, 9.17) is 5.73 Å². The average Bonchev–Trinajstić information content (AvgIpc) is 3.09. The summed E-state index contributed by atoms with van der Waals surface area (Å²) in [5, 5.41) is 0.644. The number of nitrogens with zero attached hydrogens (tertiary/aromatic N) is 1. The molecule has 2 nitrogen and oxygen atoms in total. The number of nitrogen functional groups attached to an aromatic ring is 1. The first kappa shape index (κ1) is 11.7. The maximum absolute atomic E-state index is 13.2. The van der Waals surface area contributed by atoms with E-state index in [0.717, 1.165) is 12.0 Å². The van der Waals surface area contributed by atoms with Crippen LogP contribution in [0.4, 0.5) is 9.52 Å². The number of hydrogen-bond donors (Lipinski definition) is 1. The van der Waals surface area contributed by atoms with Gasteiger partial charge in [-0.05, 0) is 37.0 Å². The van der Waals surface area contributed by atoms with Crippen molar-refractivity contribution in [3.05, 3.63) is 45.7 Å². The van der Waals surface area contributed by atoms with Gasteiger partial charge in [0.05, 0.1) is 5.69 Å². The van der Waals surface area contributed by atoms with E-state index in [0.29, 0.717) is 16.6 Å². The standard InChI is InChI=1S/C14H15FN2S/c1-8-6-9(2-5-11(8)15)7-12-13(10-3-4-10)17-14(16)18-12/h2,5-6,10H,3-4,7H2,1H3,(H2,16,17). The molecule has 3 rings (SSSR count). The van der Waals surface area contributed by atoms with Crippen molar-refractivity contribution >= 4 is 16.5 Å². The van der Waals surface area contributed by atoms with E-state index in [1.807, 2.05) is 12.1 Å². The lowest BCUT2D eigenvalue weighted by Crippen LogP contribution is -1.93. The molecule has 1 fully saturated rings. The molecule has 1 aromatic carbocycles. The van der Waals surface area contributed by atoms with Crippen LogP contribution in [-0.2, 0) is 6.42 Å². The van der Waals surface area contributed by atoms with Crippen molar-refractivity contribution in [2.24, 2.45) is 0 Å². The highest BCUT2D eigenvalue weighted by Gasteiger charge is 2.29. The van der Waals surface area contributed by atoms with Gasteiger partial charge in [0.25, 0.3) is 0 Å². The third kappa shape index (κ3) is 2.25. The minimum absolute atomic E-state index is 0.148. The summed E-state index contributed by atoms with van der Waals surface area (Å²) in [6.07, 6.45) is 3.25. The monoisotopic (exact) mass is 262 g/mol. The molecule has 1 saturated carbocycles. The van der Waals surface area contributed by atoms with Gasteiger partial charge in [-0.1, -0.05) is 12.1 Å². The lowest BCUT2D eigenvalue weighted by atomic mass is 10.1. The van der Waals surface area contributed by atoms with E-state index in [2.05, 4.69) is 4.98 Å². The molecule has 2 N–H and O–H groups in total. The Morgan fingerprint density at radius 2 is 2.22 bits per heavy atom. The zero-order valence-electron chi connectivity index (χ0n) is 10.2. The third-order valence-electron chi connectivity index (χ3n) is 3.30. The highest BCUT2D eigenvalue weighted by Crippen LogP contribution is 2.43. The summed E-state index contributed by atoms with van der Waals surface area (Å²) in [6.45, 7) is 1.79. The largest absolute Gasteiger partial charge is 0.375 e. The van der Waals surface area contributed by atoms with Gasteiger partial charge < -0.3 is 5.73 Å². The van der Waals surface area contributed by atoms with Crippen LogP contribution in [0.1, 0.15) is 40.5 Å². The van der Waals surface area contributed by atoms with Gasteiger partial charge in [-0.25, -0.2) is 9.37 Å². The molecule has 1 aliphatic carbocycles. The van der Waals surface area contributed by atoms with E-state index >= 15 is 0 Å². The summed E-state index contributed by atoms with van der Waals surface area (Å²) in [7, 11) is 0. The molecule has 94 valence electrons. The summed E-state index contributed by atoms with van der Waals surface area (Å²) < 4.78 is 13.2. The maximum Gasteiger partial charge on any atom is 0.180 e. The molecule has 0 saturated heterocycles. The summed E-state index contributed by atoms with van der Waals surface area (Å²) >= 11 is 1.56. The first-order chi connectivity index (χ1) is 8.63. The summed E-state index contributed by atoms with van der Waals surface area (Å²) in [5.41, 5.74) is 8.78. The Hall–Kier alpha value is -1.42. The average molecular weight is 262 g/mol. The fourth-order valence-corrected chi connectivity index (χ4v) is 3.14. The van der Waals surface area contributed by atoms with Crippen LogP contribution in [0.2, 0.25) is 0 Å². The number of thiazole rings is 1. The number of halogens is 1. The Labute approximate surface area is 110 Å². The number of benzene rings is 1. The number of rotatable bonds is 3. The highest BCUT2D eigenvalue weighted by molar-refractivity contribution is 7.15. The van der Waals surface area contributed by atoms with Gasteiger partial charge in [-0.2, -0.15) is 0 Å². The zero-order chi connectivity index (χ0) is 12.7. The molecule has 4 heteroatoms. The molecule has 1 heterocycles. The van der Waals surface area contributed by atoms with Gasteiger partial charge in [0.1, 0.15) is 5.82 Å². The fraction of sp³-hybridized carbons (Fsp3) is 0.357. The molecule has 0 atom stereocenters. The molecular formula is C14H15FN2S. The van der Waals surface area contributed by atoms with Crippen LogP contribution < -0.4 is 5.73 Å². The van der Waals surface area contributed by atoms with E-state index in [9.17, 15) is 4.39 Å². The van der Waals surface area contributed by atoms with Crippen molar-refractivity contribution in [3.63, 3.8) is 0 Å². The predicted octanol–water partition coefficient (Wildman–Crippen LogP) is 3.64. The summed E-state index contributed by atoms with van der Waals surface area (Å²) in [6, 6.07) is 5.28. The van der Waals surface area contributed by atoms with Gasteiger partial charge in [0.15, 0.2) is 5.13 Å². The molecule has 0 unspecified atom stereocenters.